The van der Waals surface area contributed by atoms with Crippen molar-refractivity contribution >= 4 is 56.7 Å². The Labute approximate surface area is 268 Å². The van der Waals surface area contributed by atoms with Crippen molar-refractivity contribution in [1.82, 2.24) is 9.99 Å². The molecule has 3 aliphatic carbocycles. The number of nitrogens with zero attached hydrogens (tertiary/aromatic N) is 3. The number of carbonyl (C=O) groups excluding carboxylic acids is 4. The minimum absolute atomic E-state index is 0.00269. The highest BCUT2D eigenvalue weighted by atomic mass is 79.9. The van der Waals surface area contributed by atoms with Crippen molar-refractivity contribution in [2.24, 2.45) is 17.8 Å². The fourth-order valence-corrected chi connectivity index (χ4v) is 7.53. The number of allylic oxidation sites excluding steroid dienone is 6. The van der Waals surface area contributed by atoms with Gasteiger partial charge in [0.25, 0.3) is 11.8 Å². The average molecular weight is 707 g/mol. The fraction of sp³-hybridized carbons (Fsp3) is 0.323. The molecule has 0 saturated carbocycles. The number of carbonyl (C=O) groups is 4. The Bertz CT molecular complexity index is 1820. The third-order valence-corrected chi connectivity index (χ3v) is 9.77. The Hall–Kier alpha value is -3.97. The third kappa shape index (κ3) is 4.78. The van der Waals surface area contributed by atoms with Gasteiger partial charge in [-0.15, -0.1) is 0 Å². The van der Waals surface area contributed by atoms with Gasteiger partial charge in [-0.3, -0.25) is 24.2 Å². The second kappa shape index (κ2) is 10.8. The number of aromatic nitrogens is 1. The number of benzene rings is 1. The van der Waals surface area contributed by atoms with Crippen molar-refractivity contribution in [2.45, 2.75) is 31.9 Å². The van der Waals surface area contributed by atoms with Crippen LogP contribution in [-0.4, -0.2) is 52.6 Å². The molecule has 0 radical (unpaired) electrons. The zero-order valence-corrected chi connectivity index (χ0v) is 26.2. The van der Waals surface area contributed by atoms with Crippen LogP contribution in [0.1, 0.15) is 36.9 Å². The number of phenols is 1. The Balaban J connectivity index is 1.45. The largest absolute Gasteiger partial charge is 0.503 e. The summed E-state index contributed by atoms with van der Waals surface area (Å²) in [6.45, 7) is 1.55. The molecule has 1 saturated heterocycles. The second-order valence-corrected chi connectivity index (χ2v) is 12.6. The smallest absolute Gasteiger partial charge is 0.433 e. The number of ketones is 2. The first-order chi connectivity index (χ1) is 21.1. The van der Waals surface area contributed by atoms with Gasteiger partial charge in [-0.1, -0.05) is 23.3 Å². The van der Waals surface area contributed by atoms with Gasteiger partial charge in [-0.2, -0.15) is 18.2 Å². The summed E-state index contributed by atoms with van der Waals surface area (Å²) in [7, 11) is 2.60. The van der Waals surface area contributed by atoms with Crippen molar-refractivity contribution in [1.29, 1.82) is 0 Å². The van der Waals surface area contributed by atoms with E-state index in [2.05, 4.69) is 20.9 Å². The molecule has 1 aromatic carbocycles. The number of methoxy groups -OCH3 is 1. The van der Waals surface area contributed by atoms with E-state index in [0.29, 0.717) is 17.2 Å². The number of phenolic OH excluding ortho intramolecular Hbond substituents is 1. The van der Waals surface area contributed by atoms with E-state index in [-0.39, 0.29) is 62.1 Å². The molecule has 0 bridgehead atoms. The molecule has 0 unspecified atom stereocenters. The number of anilines is 1. The number of Topliss-reactive ketones (excluding diaryl/α,β-unsaturated/α-hetero) is 1. The molecule has 14 heteroatoms. The highest BCUT2D eigenvalue weighted by Crippen LogP contribution is 2.56. The second-order valence-electron chi connectivity index (χ2n) is 11.3. The molecule has 1 fully saturated rings. The number of hydrazine groups is 1. The van der Waals surface area contributed by atoms with Crippen LogP contribution in [0.25, 0.3) is 0 Å². The van der Waals surface area contributed by atoms with E-state index in [4.69, 9.17) is 16.3 Å². The molecule has 4 atom stereocenters. The van der Waals surface area contributed by atoms with Gasteiger partial charge in [-0.05, 0) is 77.5 Å². The molecule has 9 nitrogen and oxygen atoms in total. The highest BCUT2D eigenvalue weighted by Gasteiger charge is 2.57. The van der Waals surface area contributed by atoms with Gasteiger partial charge in [0.1, 0.15) is 5.69 Å². The van der Waals surface area contributed by atoms with Crippen molar-refractivity contribution < 1.29 is 42.2 Å². The quantitative estimate of drug-likeness (QED) is 0.244. The number of hydrogen-bond donors (Lipinski definition) is 1. The van der Waals surface area contributed by atoms with Gasteiger partial charge >= 0.3 is 6.18 Å². The van der Waals surface area contributed by atoms with Gasteiger partial charge in [0, 0.05) is 29.7 Å². The van der Waals surface area contributed by atoms with Gasteiger partial charge in [0.15, 0.2) is 28.9 Å². The first-order valence-electron chi connectivity index (χ1n) is 13.8. The first-order valence-corrected chi connectivity index (χ1v) is 14.9. The summed E-state index contributed by atoms with van der Waals surface area (Å²) >= 11 is 9.51. The fourth-order valence-electron chi connectivity index (χ4n) is 6.85. The summed E-state index contributed by atoms with van der Waals surface area (Å²) in [5, 5.41) is 12.0. The lowest BCUT2D eigenvalue weighted by atomic mass is 9.59. The normalized spacial score (nSPS) is 24.7. The summed E-state index contributed by atoms with van der Waals surface area (Å²) in [5.41, 5.74) is 0.642. The number of imide groups is 1. The Morgan fingerprint density at radius 2 is 1.84 bits per heavy atom. The maximum absolute atomic E-state index is 14.1. The Morgan fingerprint density at radius 3 is 2.51 bits per heavy atom. The number of rotatable bonds is 4. The van der Waals surface area contributed by atoms with E-state index in [1.807, 2.05) is 0 Å². The lowest BCUT2D eigenvalue weighted by Crippen LogP contribution is -2.46. The maximum Gasteiger partial charge on any atom is 0.433 e. The van der Waals surface area contributed by atoms with Crippen LogP contribution in [0.5, 0.6) is 11.5 Å². The van der Waals surface area contributed by atoms with E-state index in [0.717, 1.165) is 16.1 Å². The Morgan fingerprint density at radius 1 is 1.13 bits per heavy atom. The topological polar surface area (TPSA) is 117 Å². The third-order valence-electron chi connectivity index (χ3n) is 8.87. The van der Waals surface area contributed by atoms with Crippen molar-refractivity contribution in [3.05, 3.63) is 79.5 Å². The number of ether oxygens (including phenoxy) is 1. The van der Waals surface area contributed by atoms with Crippen LogP contribution in [0, 0.1) is 17.8 Å². The molecule has 1 aromatic heterocycles. The molecule has 45 heavy (non-hydrogen) atoms. The van der Waals surface area contributed by atoms with Gasteiger partial charge < -0.3 is 9.84 Å². The van der Waals surface area contributed by atoms with Gasteiger partial charge in [0.2, 0.25) is 0 Å². The standard InChI is InChI=1S/C31H24BrClF3N3O6/c1-12-8-20(40)17-11-16-14(23(25(17)26(12)41)13-9-18(32)27(42)21(10-13)45-3)4-5-15-24(16)30(44)39(29(15)43)38(2)28-19(33)6-7-22(37-28)31(34,35)36/h4,6-10,15-16,23-24,42H,5,11H2,1-3H3/t15-,16+,23-,24-/m0/s1. The van der Waals surface area contributed by atoms with Crippen LogP contribution >= 0.6 is 27.5 Å². The van der Waals surface area contributed by atoms with Crippen LogP contribution in [0.2, 0.25) is 5.02 Å². The van der Waals surface area contributed by atoms with E-state index < -0.39 is 53.2 Å². The van der Waals surface area contributed by atoms with Gasteiger partial charge in [0.05, 0.1) is 28.4 Å². The number of aromatic hydroxyl groups is 1. The highest BCUT2D eigenvalue weighted by molar-refractivity contribution is 9.10. The molecule has 1 aliphatic heterocycles. The molecular formula is C31H24BrClF3N3O6. The summed E-state index contributed by atoms with van der Waals surface area (Å²) in [5.74, 6) is -5.91. The van der Waals surface area contributed by atoms with E-state index >= 15 is 0 Å². The molecule has 234 valence electrons. The van der Waals surface area contributed by atoms with E-state index in [1.165, 1.54) is 20.2 Å². The number of alkyl halides is 3. The summed E-state index contributed by atoms with van der Waals surface area (Å²) in [4.78, 5) is 58.4. The number of pyridine rings is 1. The van der Waals surface area contributed by atoms with Crippen molar-refractivity contribution in [3.63, 3.8) is 0 Å². The number of halogens is 5. The number of fused-ring (bicyclic) bond motifs is 3. The molecule has 1 N–H and O–H groups in total. The maximum atomic E-state index is 14.1. The molecule has 6 rings (SSSR count). The van der Waals surface area contributed by atoms with Crippen LogP contribution in [0.3, 0.4) is 0 Å². The van der Waals surface area contributed by atoms with Crippen LogP contribution in [0.4, 0.5) is 19.0 Å². The SMILES string of the molecule is COc1cc([C@H]2C3=CC[C@@H]4C(=O)N(N(C)c5nc(C(F)(F)F)ccc5Cl)C(=O)[C@@H]4[C@@H]3CC3=C2C(=O)C(C)=CC3=O)cc(Br)c1O. The predicted molar refractivity (Wildman–Crippen MR) is 158 cm³/mol. The van der Waals surface area contributed by atoms with Crippen molar-refractivity contribution in [3.8, 4) is 11.5 Å². The molecule has 2 aromatic rings. The average Bonchev–Trinajstić information content (AvgIpc) is 3.24. The lowest BCUT2D eigenvalue weighted by molar-refractivity contribution is -0.141. The minimum atomic E-state index is -4.79. The molecule has 0 spiro atoms. The monoisotopic (exact) mass is 705 g/mol. The molecular weight excluding hydrogens is 683 g/mol. The van der Waals surface area contributed by atoms with Crippen LogP contribution in [0.15, 0.2) is 63.2 Å². The van der Waals surface area contributed by atoms with Crippen LogP contribution in [-0.2, 0) is 25.4 Å². The Kier molecular flexibility index (Phi) is 7.47. The minimum Gasteiger partial charge on any atom is -0.503 e. The summed E-state index contributed by atoms with van der Waals surface area (Å²) < 4.78 is 46.0. The molecule has 4 aliphatic rings. The number of hydrogen-bond acceptors (Lipinski definition) is 8. The number of amides is 2. The molecule has 2 amide bonds. The van der Waals surface area contributed by atoms with E-state index in [9.17, 15) is 37.5 Å². The van der Waals surface area contributed by atoms with Gasteiger partial charge in [-0.25, -0.2) is 4.98 Å². The first kappa shape index (κ1) is 31.0. The zero-order chi connectivity index (χ0) is 32.7. The summed E-state index contributed by atoms with van der Waals surface area (Å²) in [6, 6.07) is 4.86. The summed E-state index contributed by atoms with van der Waals surface area (Å²) in [6.07, 6.45) is -1.64. The zero-order valence-electron chi connectivity index (χ0n) is 23.9. The van der Waals surface area contributed by atoms with E-state index in [1.54, 1.807) is 25.1 Å². The van der Waals surface area contributed by atoms with Crippen LogP contribution < -0.4 is 9.75 Å². The van der Waals surface area contributed by atoms with Crippen molar-refractivity contribution in [2.75, 3.05) is 19.2 Å². The molecule has 2 heterocycles. The predicted octanol–water partition coefficient (Wildman–Crippen LogP) is 5.71. The lowest BCUT2D eigenvalue weighted by Gasteiger charge is -2.42.